The van der Waals surface area contributed by atoms with Gasteiger partial charge >= 0.3 is 0 Å². The number of benzene rings is 2. The second-order valence-electron chi connectivity index (χ2n) is 4.94. The van der Waals surface area contributed by atoms with E-state index in [1.54, 1.807) is 12.1 Å². The highest BCUT2D eigenvalue weighted by Gasteiger charge is 2.09. The first-order valence-corrected chi connectivity index (χ1v) is 6.84. The lowest BCUT2D eigenvalue weighted by molar-refractivity contribution is 0.297. The van der Waals surface area contributed by atoms with Gasteiger partial charge in [-0.1, -0.05) is 35.9 Å². The molecular weight excluding hydrogens is 253 g/mol. The van der Waals surface area contributed by atoms with Gasteiger partial charge < -0.3 is 10.5 Å². The van der Waals surface area contributed by atoms with E-state index in [9.17, 15) is 4.39 Å². The number of nitrogens with two attached hydrogens (primary N) is 1. The summed E-state index contributed by atoms with van der Waals surface area (Å²) in [7, 11) is 0. The van der Waals surface area contributed by atoms with E-state index >= 15 is 0 Å². The van der Waals surface area contributed by atoms with E-state index in [-0.39, 0.29) is 11.7 Å². The molecule has 0 heterocycles. The van der Waals surface area contributed by atoms with Gasteiger partial charge in [-0.25, -0.2) is 4.39 Å². The molecule has 2 rings (SSSR count). The van der Waals surface area contributed by atoms with Crippen LogP contribution < -0.4 is 10.5 Å². The number of rotatable bonds is 6. The number of halogens is 1. The van der Waals surface area contributed by atoms with Crippen LogP contribution in [0.3, 0.4) is 0 Å². The lowest BCUT2D eigenvalue weighted by Crippen LogP contribution is -2.15. The van der Waals surface area contributed by atoms with E-state index in [1.807, 2.05) is 0 Å². The van der Waals surface area contributed by atoms with Crippen LogP contribution in [0.2, 0.25) is 0 Å². The van der Waals surface area contributed by atoms with Crippen molar-refractivity contribution in [3.8, 4) is 5.75 Å². The minimum Gasteiger partial charge on any atom is -0.493 e. The number of ether oxygens (including phenoxy) is 1. The molecule has 106 valence electrons. The van der Waals surface area contributed by atoms with Crippen LogP contribution in [0.1, 0.15) is 23.5 Å². The van der Waals surface area contributed by atoms with Gasteiger partial charge in [-0.3, -0.25) is 0 Å². The van der Waals surface area contributed by atoms with Crippen LogP contribution in [0, 0.1) is 12.7 Å². The molecule has 0 radical (unpaired) electrons. The SMILES string of the molecule is Cc1ccc(C(CN)CCOc2cccc(F)c2)cc1. The van der Waals surface area contributed by atoms with Crippen molar-refractivity contribution >= 4 is 0 Å². The molecule has 0 spiro atoms. The van der Waals surface area contributed by atoms with Crippen molar-refractivity contribution in [2.24, 2.45) is 5.73 Å². The van der Waals surface area contributed by atoms with E-state index in [2.05, 4.69) is 31.2 Å². The molecule has 0 aliphatic heterocycles. The first-order valence-electron chi connectivity index (χ1n) is 6.84. The minimum absolute atomic E-state index is 0.268. The van der Waals surface area contributed by atoms with Crippen LogP contribution in [0.15, 0.2) is 48.5 Å². The summed E-state index contributed by atoms with van der Waals surface area (Å²) in [6.45, 7) is 3.17. The summed E-state index contributed by atoms with van der Waals surface area (Å²) < 4.78 is 18.6. The Bertz CT molecular complexity index is 539. The van der Waals surface area contributed by atoms with E-state index in [0.29, 0.717) is 18.9 Å². The fourth-order valence-electron chi connectivity index (χ4n) is 2.14. The summed E-state index contributed by atoms with van der Waals surface area (Å²) in [5, 5.41) is 0. The second kappa shape index (κ2) is 7.06. The molecule has 2 nitrogen and oxygen atoms in total. The first-order chi connectivity index (χ1) is 9.69. The predicted molar refractivity (Wildman–Crippen MR) is 79.5 cm³/mol. The molecule has 2 aromatic carbocycles. The lowest BCUT2D eigenvalue weighted by atomic mass is 9.95. The summed E-state index contributed by atoms with van der Waals surface area (Å²) in [5.74, 6) is 0.547. The Kier molecular flexibility index (Phi) is 5.13. The highest BCUT2D eigenvalue weighted by atomic mass is 19.1. The average Bonchev–Trinajstić information content (AvgIpc) is 2.45. The minimum atomic E-state index is -0.281. The molecule has 0 saturated heterocycles. The standard InChI is InChI=1S/C17H20FNO/c1-13-5-7-14(8-6-13)15(12-19)9-10-20-17-4-2-3-16(18)11-17/h2-8,11,15H,9-10,12,19H2,1H3. The fourth-order valence-corrected chi connectivity index (χ4v) is 2.14. The van der Waals surface area contributed by atoms with Crippen LogP contribution in [0.25, 0.3) is 0 Å². The number of hydrogen-bond donors (Lipinski definition) is 1. The van der Waals surface area contributed by atoms with Gasteiger partial charge in [0.15, 0.2) is 0 Å². The van der Waals surface area contributed by atoms with E-state index in [1.165, 1.54) is 23.3 Å². The van der Waals surface area contributed by atoms with Crippen molar-refractivity contribution in [2.45, 2.75) is 19.3 Å². The summed E-state index contributed by atoms with van der Waals surface area (Å²) in [5.41, 5.74) is 8.29. The van der Waals surface area contributed by atoms with Gasteiger partial charge in [-0.05, 0) is 43.5 Å². The highest BCUT2D eigenvalue weighted by Crippen LogP contribution is 2.20. The van der Waals surface area contributed by atoms with Crippen molar-refractivity contribution in [1.82, 2.24) is 0 Å². The van der Waals surface area contributed by atoms with Crippen molar-refractivity contribution < 1.29 is 9.13 Å². The Hall–Kier alpha value is -1.87. The topological polar surface area (TPSA) is 35.2 Å². The molecule has 0 fully saturated rings. The van der Waals surface area contributed by atoms with Crippen LogP contribution in [-0.4, -0.2) is 13.2 Å². The average molecular weight is 273 g/mol. The van der Waals surface area contributed by atoms with E-state index in [0.717, 1.165) is 6.42 Å². The molecule has 2 N–H and O–H groups in total. The third-order valence-corrected chi connectivity index (χ3v) is 3.36. The Morgan fingerprint density at radius 1 is 1.15 bits per heavy atom. The summed E-state index contributed by atoms with van der Waals surface area (Å²) in [6, 6.07) is 14.6. The molecule has 1 unspecified atom stereocenters. The molecule has 0 aromatic heterocycles. The maximum absolute atomic E-state index is 13.0. The van der Waals surface area contributed by atoms with Gasteiger partial charge in [0.05, 0.1) is 6.61 Å². The smallest absolute Gasteiger partial charge is 0.126 e. The zero-order chi connectivity index (χ0) is 14.4. The molecule has 0 aliphatic rings. The van der Waals surface area contributed by atoms with Crippen molar-refractivity contribution in [2.75, 3.05) is 13.2 Å². The Balaban J connectivity index is 1.89. The van der Waals surface area contributed by atoms with Crippen LogP contribution in [-0.2, 0) is 0 Å². The largest absolute Gasteiger partial charge is 0.493 e. The lowest BCUT2D eigenvalue weighted by Gasteiger charge is -2.16. The quantitative estimate of drug-likeness (QED) is 0.872. The Morgan fingerprint density at radius 3 is 2.55 bits per heavy atom. The van der Waals surface area contributed by atoms with E-state index in [4.69, 9.17) is 10.5 Å². The molecule has 0 aliphatic carbocycles. The van der Waals surface area contributed by atoms with Crippen LogP contribution >= 0.6 is 0 Å². The molecule has 20 heavy (non-hydrogen) atoms. The Labute approximate surface area is 119 Å². The highest BCUT2D eigenvalue weighted by molar-refractivity contribution is 5.25. The molecule has 1 atom stereocenters. The second-order valence-corrected chi connectivity index (χ2v) is 4.94. The van der Waals surface area contributed by atoms with Crippen molar-refractivity contribution in [1.29, 1.82) is 0 Å². The van der Waals surface area contributed by atoms with Crippen LogP contribution in [0.4, 0.5) is 4.39 Å². The van der Waals surface area contributed by atoms with Gasteiger partial charge in [-0.2, -0.15) is 0 Å². The molecule has 2 aromatic rings. The monoisotopic (exact) mass is 273 g/mol. The third-order valence-electron chi connectivity index (χ3n) is 3.36. The van der Waals surface area contributed by atoms with Gasteiger partial charge in [0, 0.05) is 6.07 Å². The fraction of sp³-hybridized carbons (Fsp3) is 0.294. The maximum Gasteiger partial charge on any atom is 0.126 e. The predicted octanol–water partition coefficient (Wildman–Crippen LogP) is 3.65. The zero-order valence-electron chi connectivity index (χ0n) is 11.7. The van der Waals surface area contributed by atoms with Gasteiger partial charge in [0.1, 0.15) is 11.6 Å². The van der Waals surface area contributed by atoms with Crippen molar-refractivity contribution in [3.63, 3.8) is 0 Å². The van der Waals surface area contributed by atoms with Gasteiger partial charge in [0.2, 0.25) is 0 Å². The van der Waals surface area contributed by atoms with Gasteiger partial charge in [0.25, 0.3) is 0 Å². The summed E-state index contributed by atoms with van der Waals surface area (Å²) in [6.07, 6.45) is 0.816. The number of hydrogen-bond acceptors (Lipinski definition) is 2. The third kappa shape index (κ3) is 4.07. The maximum atomic E-state index is 13.0. The zero-order valence-corrected chi connectivity index (χ0v) is 11.7. The molecule has 0 amide bonds. The Morgan fingerprint density at radius 2 is 1.90 bits per heavy atom. The van der Waals surface area contributed by atoms with Crippen LogP contribution in [0.5, 0.6) is 5.75 Å². The van der Waals surface area contributed by atoms with Crippen molar-refractivity contribution in [3.05, 3.63) is 65.5 Å². The number of aryl methyl sites for hydroxylation is 1. The van der Waals surface area contributed by atoms with Gasteiger partial charge in [-0.15, -0.1) is 0 Å². The first kappa shape index (κ1) is 14.5. The normalized spacial score (nSPS) is 12.2. The summed E-state index contributed by atoms with van der Waals surface area (Å²) >= 11 is 0. The molecule has 0 saturated carbocycles. The summed E-state index contributed by atoms with van der Waals surface area (Å²) in [4.78, 5) is 0. The molecular formula is C17H20FNO. The molecule has 3 heteroatoms. The molecule has 0 bridgehead atoms. The van der Waals surface area contributed by atoms with E-state index < -0.39 is 0 Å².